The van der Waals surface area contributed by atoms with Crippen molar-refractivity contribution in [2.45, 2.75) is 78.7 Å². The minimum Gasteiger partial charge on any atom is -0.476 e. The van der Waals surface area contributed by atoms with Crippen molar-refractivity contribution in [3.63, 3.8) is 0 Å². The standard InChI is InChI=1S/C34H40Cl2N2O6S/c1-20-13-16-27(21(2)17-20)45(42,43)37-30(32(40)41)38(19-33(3,4)5)26-15-14-22(35)18-24(26)28(23-11-9-10-12-25(23)36)44-29(31(38)39)34(6,7)8/h9-18,28-30,37H,19H2,1-8H3/p+1/t28-,29+,30?,38?/m0/s1. The molecule has 1 aliphatic rings. The first-order valence-electron chi connectivity index (χ1n) is 14.6. The van der Waals surface area contributed by atoms with Crippen LogP contribution in [0.4, 0.5) is 5.69 Å². The molecular weight excluding hydrogens is 635 g/mol. The molecule has 0 spiro atoms. The largest absolute Gasteiger partial charge is 0.476 e. The van der Waals surface area contributed by atoms with E-state index < -0.39 is 55.6 Å². The van der Waals surface area contributed by atoms with Crippen LogP contribution in [0.25, 0.3) is 0 Å². The number of nitrogens with zero attached hydrogens (tertiary/aromatic N) is 1. The molecule has 0 aromatic heterocycles. The van der Waals surface area contributed by atoms with E-state index in [4.69, 9.17) is 27.9 Å². The summed E-state index contributed by atoms with van der Waals surface area (Å²) in [6, 6.07) is 16.6. The minimum atomic E-state index is -4.45. The van der Waals surface area contributed by atoms with E-state index in [1.165, 1.54) is 6.07 Å². The highest BCUT2D eigenvalue weighted by Crippen LogP contribution is 2.49. The molecule has 4 rings (SSSR count). The van der Waals surface area contributed by atoms with Crippen molar-refractivity contribution in [2.75, 3.05) is 6.54 Å². The summed E-state index contributed by atoms with van der Waals surface area (Å²) in [5, 5.41) is 11.6. The van der Waals surface area contributed by atoms with Gasteiger partial charge in [0.15, 0.2) is 6.10 Å². The molecule has 45 heavy (non-hydrogen) atoms. The fraction of sp³-hybridized carbons (Fsp3) is 0.412. The molecule has 1 amide bonds. The average Bonchev–Trinajstić information content (AvgIpc) is 2.99. The van der Waals surface area contributed by atoms with Crippen LogP contribution in [0, 0.1) is 24.7 Å². The topological polar surface area (TPSA) is 110 Å². The molecule has 0 saturated carbocycles. The summed E-state index contributed by atoms with van der Waals surface area (Å²) < 4.78 is 36.3. The first-order chi connectivity index (χ1) is 20.7. The van der Waals surface area contributed by atoms with E-state index in [0.29, 0.717) is 26.7 Å². The fourth-order valence-corrected chi connectivity index (χ4v) is 7.95. The highest BCUT2D eigenvalue weighted by molar-refractivity contribution is 7.89. The van der Waals surface area contributed by atoms with Crippen LogP contribution in [0.3, 0.4) is 0 Å². The number of amides is 1. The third-order valence-corrected chi connectivity index (χ3v) is 10.0. The molecule has 0 bridgehead atoms. The first-order valence-corrected chi connectivity index (χ1v) is 16.9. The Kier molecular flexibility index (Phi) is 9.69. The van der Waals surface area contributed by atoms with Crippen molar-refractivity contribution in [1.82, 2.24) is 9.21 Å². The number of aryl methyl sites for hydroxylation is 2. The number of rotatable bonds is 7. The maximum absolute atomic E-state index is 15.3. The number of aliphatic carboxylic acids is 1. The average molecular weight is 677 g/mol. The number of hydrogen-bond acceptors (Lipinski definition) is 5. The molecule has 3 aromatic carbocycles. The monoisotopic (exact) mass is 675 g/mol. The van der Waals surface area contributed by atoms with E-state index in [9.17, 15) is 18.3 Å². The molecule has 1 heterocycles. The third-order valence-electron chi connectivity index (χ3n) is 7.85. The minimum absolute atomic E-state index is 0.0792. The van der Waals surface area contributed by atoms with Crippen molar-refractivity contribution in [3.05, 3.63) is 93.0 Å². The van der Waals surface area contributed by atoms with Gasteiger partial charge in [0, 0.05) is 38.1 Å². The lowest BCUT2D eigenvalue weighted by Crippen LogP contribution is -2.74. The van der Waals surface area contributed by atoms with Gasteiger partial charge >= 0.3 is 11.9 Å². The number of nitrogens with one attached hydrogen (secondary N) is 1. The molecule has 8 nitrogen and oxygen atoms in total. The molecule has 4 atom stereocenters. The second-order valence-corrected chi connectivity index (χ2v) is 16.6. The van der Waals surface area contributed by atoms with Gasteiger partial charge in [0.05, 0.1) is 11.4 Å². The smallest absolute Gasteiger partial charge is 0.381 e. The number of carbonyl (C=O) groups excluding carboxylic acids is 1. The molecule has 11 heteroatoms. The number of hydrogen-bond donors (Lipinski definition) is 2. The van der Waals surface area contributed by atoms with Crippen molar-refractivity contribution in [3.8, 4) is 0 Å². The van der Waals surface area contributed by atoms with Gasteiger partial charge < -0.3 is 9.84 Å². The zero-order chi connectivity index (χ0) is 33.7. The van der Waals surface area contributed by atoms with Crippen molar-refractivity contribution in [1.29, 1.82) is 0 Å². The van der Waals surface area contributed by atoms with E-state index in [-0.39, 0.29) is 17.1 Å². The van der Waals surface area contributed by atoms with Crippen molar-refractivity contribution in [2.24, 2.45) is 10.8 Å². The number of carbonyl (C=O) groups is 2. The molecular formula is C34H41Cl2N2O6S+. The van der Waals surface area contributed by atoms with Gasteiger partial charge in [-0.25, -0.2) is 22.5 Å². The Balaban J connectivity index is 2.13. The summed E-state index contributed by atoms with van der Waals surface area (Å²) in [7, 11) is -4.45. The number of sulfonamides is 1. The number of quaternary nitrogens is 1. The van der Waals surface area contributed by atoms with Gasteiger partial charge in [-0.1, -0.05) is 101 Å². The van der Waals surface area contributed by atoms with Gasteiger partial charge in [-0.05, 0) is 43.7 Å². The van der Waals surface area contributed by atoms with Crippen molar-refractivity contribution >= 4 is 50.8 Å². The third kappa shape index (κ3) is 6.99. The number of halogens is 2. The Morgan fingerprint density at radius 3 is 2.18 bits per heavy atom. The van der Waals surface area contributed by atoms with Gasteiger partial charge in [-0.2, -0.15) is 0 Å². The molecule has 2 N–H and O–H groups in total. The number of carboxylic acid groups (broad SMARTS) is 1. The second kappa shape index (κ2) is 12.4. The lowest BCUT2D eigenvalue weighted by Gasteiger charge is -2.45. The van der Waals surface area contributed by atoms with Gasteiger partial charge in [0.2, 0.25) is 10.0 Å². The number of carboxylic acids is 1. The SMILES string of the molecule is Cc1ccc(S(=O)(=O)NC(C(=O)O)[N+]2(CC(C)(C)C)C(=O)[C@H](C(C)(C)C)O[C@@H](c3ccccc3Cl)c3cc(Cl)ccc32)c(C)c1. The van der Waals surface area contributed by atoms with Crippen molar-refractivity contribution < 1.29 is 27.9 Å². The predicted molar refractivity (Wildman–Crippen MR) is 178 cm³/mol. The van der Waals surface area contributed by atoms with Crippen LogP contribution in [0.5, 0.6) is 0 Å². The summed E-state index contributed by atoms with van der Waals surface area (Å²) in [6.45, 7) is 14.5. The van der Waals surface area contributed by atoms with Gasteiger partial charge in [0.1, 0.15) is 11.8 Å². The zero-order valence-electron chi connectivity index (χ0n) is 26.8. The zero-order valence-corrected chi connectivity index (χ0v) is 29.1. The van der Waals surface area contributed by atoms with Crippen LogP contribution in [-0.2, 0) is 24.3 Å². The summed E-state index contributed by atoms with van der Waals surface area (Å²) in [6.07, 6.45) is -4.09. The van der Waals surface area contributed by atoms with E-state index in [0.717, 1.165) is 5.56 Å². The van der Waals surface area contributed by atoms with E-state index in [1.54, 1.807) is 61.5 Å². The van der Waals surface area contributed by atoms with Gasteiger partial charge in [-0.3, -0.25) is 0 Å². The Bertz CT molecular complexity index is 1750. The van der Waals surface area contributed by atoms with Crippen LogP contribution in [0.15, 0.2) is 65.6 Å². The van der Waals surface area contributed by atoms with E-state index in [2.05, 4.69) is 4.72 Å². The van der Waals surface area contributed by atoms with Crippen LogP contribution in [0.1, 0.15) is 69.9 Å². The number of benzene rings is 3. The Morgan fingerprint density at radius 2 is 1.62 bits per heavy atom. The second-order valence-electron chi connectivity index (χ2n) is 14.0. The molecule has 0 saturated heterocycles. The molecule has 1 aliphatic heterocycles. The maximum Gasteiger partial charge on any atom is 0.381 e. The Morgan fingerprint density at radius 1 is 0.978 bits per heavy atom. The molecule has 0 aliphatic carbocycles. The molecule has 2 unspecified atom stereocenters. The van der Waals surface area contributed by atoms with Gasteiger partial charge in [-0.15, -0.1) is 4.72 Å². The number of fused-ring (bicyclic) bond motifs is 1. The summed E-state index contributed by atoms with van der Waals surface area (Å²) in [5.74, 6) is -2.13. The molecule has 0 fully saturated rings. The van der Waals surface area contributed by atoms with Crippen LogP contribution in [-0.4, -0.2) is 44.2 Å². The Labute approximate surface area is 275 Å². The van der Waals surface area contributed by atoms with Crippen LogP contribution >= 0.6 is 23.2 Å². The van der Waals surface area contributed by atoms with E-state index in [1.807, 2.05) is 48.5 Å². The quantitative estimate of drug-likeness (QED) is 0.252. The first kappa shape index (κ1) is 35.1. The maximum atomic E-state index is 15.3. The lowest BCUT2D eigenvalue weighted by molar-refractivity contribution is -0.162. The predicted octanol–water partition coefficient (Wildman–Crippen LogP) is 7.41. The Hall–Kier alpha value is -2.79. The molecule has 242 valence electrons. The number of ether oxygens (including phenoxy) is 1. The summed E-state index contributed by atoms with van der Waals surface area (Å²) >= 11 is 13.3. The normalized spacial score (nSPS) is 21.6. The van der Waals surface area contributed by atoms with Crippen LogP contribution < -0.4 is 9.21 Å². The van der Waals surface area contributed by atoms with Gasteiger partial charge in [0.25, 0.3) is 6.17 Å². The lowest BCUT2D eigenvalue weighted by atomic mass is 9.85. The molecule has 3 aromatic rings. The highest BCUT2D eigenvalue weighted by atomic mass is 35.5. The fourth-order valence-electron chi connectivity index (χ4n) is 6.11. The molecule has 0 radical (unpaired) electrons. The van der Waals surface area contributed by atoms with E-state index >= 15 is 4.79 Å². The van der Waals surface area contributed by atoms with Crippen LogP contribution in [0.2, 0.25) is 10.0 Å². The summed E-state index contributed by atoms with van der Waals surface area (Å²) in [5.41, 5.74) is 0.990. The summed E-state index contributed by atoms with van der Waals surface area (Å²) in [4.78, 5) is 28.6. The highest BCUT2D eigenvalue weighted by Gasteiger charge is 2.61.